The first-order valence-corrected chi connectivity index (χ1v) is 10.3. The predicted molar refractivity (Wildman–Crippen MR) is 116 cm³/mol. The molecular formula is C23H29N3O4. The van der Waals surface area contributed by atoms with E-state index < -0.39 is 6.29 Å². The number of nitrogens with one attached hydrogen (secondary N) is 1. The van der Waals surface area contributed by atoms with E-state index in [1.165, 1.54) is 0 Å². The highest BCUT2D eigenvalue weighted by molar-refractivity contribution is 5.97. The van der Waals surface area contributed by atoms with Crippen LogP contribution in [0.2, 0.25) is 0 Å². The van der Waals surface area contributed by atoms with Crippen molar-refractivity contribution in [1.29, 1.82) is 0 Å². The zero-order chi connectivity index (χ0) is 21.5. The van der Waals surface area contributed by atoms with Crippen molar-refractivity contribution in [3.8, 4) is 11.4 Å². The largest absolute Gasteiger partial charge is 0.494 e. The van der Waals surface area contributed by atoms with Crippen LogP contribution in [-0.4, -0.2) is 48.1 Å². The lowest BCUT2D eigenvalue weighted by molar-refractivity contribution is -0.131. The molecule has 0 aliphatic carbocycles. The number of fused-ring (bicyclic) bond motifs is 1. The van der Waals surface area contributed by atoms with Crippen molar-refractivity contribution in [3.63, 3.8) is 0 Å². The number of aromatic nitrogens is 2. The normalized spacial score (nSPS) is 11.2. The quantitative estimate of drug-likeness (QED) is 0.513. The number of carbonyl (C=O) groups is 1. The van der Waals surface area contributed by atoms with E-state index in [1.807, 2.05) is 58.0 Å². The van der Waals surface area contributed by atoms with E-state index >= 15 is 0 Å². The molecule has 1 N–H and O–H groups in total. The van der Waals surface area contributed by atoms with Crippen molar-refractivity contribution in [1.82, 2.24) is 14.9 Å². The summed E-state index contributed by atoms with van der Waals surface area (Å²) in [6.07, 6.45) is -0.450. The minimum absolute atomic E-state index is 0.186. The zero-order valence-electron chi connectivity index (χ0n) is 18.0. The summed E-state index contributed by atoms with van der Waals surface area (Å²) in [5.74, 6) is 1.49. The van der Waals surface area contributed by atoms with Gasteiger partial charge < -0.3 is 19.5 Å². The fraction of sp³-hybridized carbons (Fsp3) is 0.391. The Bertz CT molecular complexity index is 976. The highest BCUT2D eigenvalue weighted by atomic mass is 16.7. The number of aryl methyl sites for hydroxylation is 1. The van der Waals surface area contributed by atoms with Gasteiger partial charge in [0.1, 0.15) is 11.6 Å². The van der Waals surface area contributed by atoms with Gasteiger partial charge in [-0.2, -0.15) is 0 Å². The van der Waals surface area contributed by atoms with Crippen LogP contribution in [-0.2, 0) is 9.47 Å². The lowest BCUT2D eigenvalue weighted by Gasteiger charge is -2.17. The van der Waals surface area contributed by atoms with Crippen LogP contribution in [0.4, 0.5) is 0 Å². The van der Waals surface area contributed by atoms with Crippen molar-refractivity contribution in [3.05, 3.63) is 53.9 Å². The smallest absolute Gasteiger partial charge is 0.251 e. The van der Waals surface area contributed by atoms with E-state index in [4.69, 9.17) is 14.2 Å². The van der Waals surface area contributed by atoms with E-state index in [0.717, 1.165) is 28.3 Å². The van der Waals surface area contributed by atoms with Gasteiger partial charge in [-0.25, -0.2) is 4.98 Å². The Hall–Kier alpha value is -2.90. The van der Waals surface area contributed by atoms with E-state index in [2.05, 4.69) is 14.9 Å². The Morgan fingerprint density at radius 1 is 1.03 bits per heavy atom. The average Bonchev–Trinajstić information content (AvgIpc) is 3.08. The van der Waals surface area contributed by atoms with Gasteiger partial charge in [0, 0.05) is 24.5 Å². The van der Waals surface area contributed by atoms with Crippen LogP contribution in [0, 0.1) is 6.92 Å². The summed E-state index contributed by atoms with van der Waals surface area (Å²) in [5, 5.41) is 2.87. The SMILES string of the molecule is CCOc1ccc(-n2c(C)nc3cc(C(=O)NCC(OCC)OCC)ccc32)cc1. The second kappa shape index (κ2) is 10.2. The van der Waals surface area contributed by atoms with Crippen LogP contribution in [0.3, 0.4) is 0 Å². The third-order valence-corrected chi connectivity index (χ3v) is 4.62. The summed E-state index contributed by atoms with van der Waals surface area (Å²) < 4.78 is 18.5. The Morgan fingerprint density at radius 2 is 1.73 bits per heavy atom. The number of benzene rings is 2. The number of nitrogens with zero attached hydrogens (tertiary/aromatic N) is 2. The maximum absolute atomic E-state index is 12.6. The summed E-state index contributed by atoms with van der Waals surface area (Å²) in [6.45, 7) is 9.67. The number of hydrogen-bond acceptors (Lipinski definition) is 5. The minimum Gasteiger partial charge on any atom is -0.494 e. The van der Waals surface area contributed by atoms with Crippen LogP contribution < -0.4 is 10.1 Å². The molecular weight excluding hydrogens is 382 g/mol. The lowest BCUT2D eigenvalue weighted by atomic mass is 10.2. The molecule has 0 saturated heterocycles. The monoisotopic (exact) mass is 411 g/mol. The van der Waals surface area contributed by atoms with Gasteiger partial charge in [-0.15, -0.1) is 0 Å². The summed E-state index contributed by atoms with van der Waals surface area (Å²) in [7, 11) is 0. The highest BCUT2D eigenvalue weighted by Crippen LogP contribution is 2.24. The standard InChI is InChI=1S/C23H29N3O4/c1-5-28-19-11-9-18(10-12-19)26-16(4)25-20-14-17(8-13-21(20)26)23(27)24-15-22(29-6-2)30-7-3/h8-14,22H,5-7,15H2,1-4H3,(H,24,27). The number of carbonyl (C=O) groups excluding carboxylic acids is 1. The second-order valence-corrected chi connectivity index (χ2v) is 6.68. The van der Waals surface area contributed by atoms with Crippen molar-refractivity contribution in [2.75, 3.05) is 26.4 Å². The number of ether oxygens (including phenoxy) is 3. The third-order valence-electron chi connectivity index (χ3n) is 4.62. The molecule has 0 aliphatic heterocycles. The molecule has 0 atom stereocenters. The molecule has 0 aliphatic rings. The molecule has 0 spiro atoms. The molecule has 30 heavy (non-hydrogen) atoms. The van der Waals surface area contributed by atoms with Gasteiger partial charge in [0.15, 0.2) is 6.29 Å². The van der Waals surface area contributed by atoms with Crippen LogP contribution in [0.1, 0.15) is 37.0 Å². The molecule has 0 saturated carbocycles. The number of amides is 1. The first kappa shape index (κ1) is 21.8. The van der Waals surface area contributed by atoms with Crippen LogP contribution in [0.25, 0.3) is 16.7 Å². The molecule has 0 unspecified atom stereocenters. The molecule has 7 heteroatoms. The minimum atomic E-state index is -0.450. The Kier molecular flexibility index (Phi) is 7.43. The molecule has 3 rings (SSSR count). The van der Waals surface area contributed by atoms with E-state index in [9.17, 15) is 4.79 Å². The zero-order valence-corrected chi connectivity index (χ0v) is 18.0. The van der Waals surface area contributed by atoms with E-state index in [0.29, 0.717) is 25.4 Å². The van der Waals surface area contributed by atoms with Crippen molar-refractivity contribution < 1.29 is 19.0 Å². The molecule has 2 aromatic carbocycles. The molecule has 7 nitrogen and oxygen atoms in total. The molecule has 1 heterocycles. The number of imidazole rings is 1. The topological polar surface area (TPSA) is 74.6 Å². The molecule has 0 fully saturated rings. The summed E-state index contributed by atoms with van der Waals surface area (Å²) in [5.41, 5.74) is 3.24. The van der Waals surface area contributed by atoms with Crippen LogP contribution >= 0.6 is 0 Å². The van der Waals surface area contributed by atoms with Crippen LogP contribution in [0.15, 0.2) is 42.5 Å². The molecule has 0 bridgehead atoms. The van der Waals surface area contributed by atoms with Crippen LogP contribution in [0.5, 0.6) is 5.75 Å². The highest BCUT2D eigenvalue weighted by Gasteiger charge is 2.15. The van der Waals surface area contributed by atoms with Gasteiger partial charge in [-0.1, -0.05) is 0 Å². The van der Waals surface area contributed by atoms with Gasteiger partial charge in [-0.05, 0) is 70.2 Å². The summed E-state index contributed by atoms with van der Waals surface area (Å²) in [6, 6.07) is 13.4. The fourth-order valence-corrected chi connectivity index (χ4v) is 3.34. The molecule has 3 aromatic rings. The Labute approximate surface area is 177 Å². The fourth-order valence-electron chi connectivity index (χ4n) is 3.34. The molecule has 1 aromatic heterocycles. The molecule has 1 amide bonds. The van der Waals surface area contributed by atoms with Gasteiger partial charge in [0.05, 0.1) is 24.2 Å². The van der Waals surface area contributed by atoms with E-state index in [-0.39, 0.29) is 12.5 Å². The summed E-state index contributed by atoms with van der Waals surface area (Å²) in [4.78, 5) is 17.2. The maximum atomic E-state index is 12.6. The molecule has 160 valence electrons. The molecule has 0 radical (unpaired) electrons. The lowest BCUT2D eigenvalue weighted by Crippen LogP contribution is -2.35. The summed E-state index contributed by atoms with van der Waals surface area (Å²) >= 11 is 0. The average molecular weight is 412 g/mol. The van der Waals surface area contributed by atoms with E-state index in [1.54, 1.807) is 12.1 Å². The third kappa shape index (κ3) is 4.98. The Morgan fingerprint density at radius 3 is 2.37 bits per heavy atom. The van der Waals surface area contributed by atoms with Gasteiger partial charge in [0.25, 0.3) is 5.91 Å². The van der Waals surface area contributed by atoms with Crippen molar-refractivity contribution in [2.24, 2.45) is 0 Å². The first-order chi connectivity index (χ1) is 14.6. The first-order valence-electron chi connectivity index (χ1n) is 10.3. The number of hydrogen-bond donors (Lipinski definition) is 1. The second-order valence-electron chi connectivity index (χ2n) is 6.68. The van der Waals surface area contributed by atoms with Gasteiger partial charge in [-0.3, -0.25) is 9.36 Å². The van der Waals surface area contributed by atoms with Gasteiger partial charge in [0.2, 0.25) is 0 Å². The maximum Gasteiger partial charge on any atom is 0.251 e. The van der Waals surface area contributed by atoms with Gasteiger partial charge >= 0.3 is 0 Å². The Balaban J connectivity index is 1.79. The number of rotatable bonds is 10. The predicted octanol–water partition coefficient (Wildman–Crippen LogP) is 3.86. The van der Waals surface area contributed by atoms with Crippen molar-refractivity contribution >= 4 is 16.9 Å². The van der Waals surface area contributed by atoms with Crippen molar-refractivity contribution in [2.45, 2.75) is 34.0 Å².